The maximum atomic E-state index is 11.1. The number of fused-ring (bicyclic) bond motifs is 1. The van der Waals surface area contributed by atoms with Gasteiger partial charge in [-0.3, -0.25) is 0 Å². The first-order valence-corrected chi connectivity index (χ1v) is 3.83. The second kappa shape index (κ2) is 2.47. The molecule has 0 spiro atoms. The van der Waals surface area contributed by atoms with E-state index in [0.29, 0.717) is 5.56 Å². The van der Waals surface area contributed by atoms with Crippen LogP contribution in [0.2, 0.25) is 0 Å². The quantitative estimate of drug-likeness (QED) is 0.581. The Morgan fingerprint density at radius 1 is 1.46 bits per heavy atom. The van der Waals surface area contributed by atoms with Crippen LogP contribution in [0.3, 0.4) is 0 Å². The van der Waals surface area contributed by atoms with Crippen molar-refractivity contribution in [1.29, 1.82) is 0 Å². The zero-order valence-electron chi connectivity index (χ0n) is 6.94. The number of carbonyl (C=O) groups excluding carboxylic acids is 1. The number of cyclic esters (lactones) is 1. The van der Waals surface area contributed by atoms with Crippen LogP contribution < -0.4 is 0 Å². The topological polar surface area (TPSA) is 66.8 Å². The second-order valence-corrected chi connectivity index (χ2v) is 2.95. The summed E-state index contributed by atoms with van der Waals surface area (Å²) in [5.74, 6) is -0.828. The zero-order valence-corrected chi connectivity index (χ0v) is 6.94. The molecule has 0 fully saturated rings. The summed E-state index contributed by atoms with van der Waals surface area (Å²) in [7, 11) is 0. The van der Waals surface area contributed by atoms with Gasteiger partial charge in [-0.1, -0.05) is 6.07 Å². The summed E-state index contributed by atoms with van der Waals surface area (Å²) >= 11 is 0. The van der Waals surface area contributed by atoms with Gasteiger partial charge in [0.15, 0.2) is 0 Å². The zero-order chi connectivity index (χ0) is 9.59. The second-order valence-electron chi connectivity index (χ2n) is 2.95. The number of carbonyl (C=O) groups is 1. The summed E-state index contributed by atoms with van der Waals surface area (Å²) in [6, 6.07) is 3.03. The van der Waals surface area contributed by atoms with Crippen molar-refractivity contribution in [1.82, 2.24) is 0 Å². The Hall–Kier alpha value is -1.55. The molecule has 2 N–H and O–H groups in total. The number of esters is 1. The summed E-state index contributed by atoms with van der Waals surface area (Å²) in [5.41, 5.74) is 1.17. The number of hydrogen-bond donors (Lipinski definition) is 2. The molecule has 4 heteroatoms. The van der Waals surface area contributed by atoms with E-state index in [0.717, 1.165) is 5.56 Å². The highest BCUT2D eigenvalue weighted by atomic mass is 16.6. The van der Waals surface area contributed by atoms with Crippen molar-refractivity contribution in [3.63, 3.8) is 0 Å². The SMILES string of the molecule is Cc1ccc(O)c2c1C(O)OC2=O. The van der Waals surface area contributed by atoms with Crippen molar-refractivity contribution in [2.24, 2.45) is 0 Å². The lowest BCUT2D eigenvalue weighted by Gasteiger charge is -2.04. The average Bonchev–Trinajstić information content (AvgIpc) is 2.36. The smallest absolute Gasteiger partial charge is 0.345 e. The first-order chi connectivity index (χ1) is 6.11. The fraction of sp³-hybridized carbons (Fsp3) is 0.222. The third-order valence-corrected chi connectivity index (χ3v) is 2.11. The molecule has 0 saturated heterocycles. The lowest BCUT2D eigenvalue weighted by Crippen LogP contribution is -1.96. The Bertz CT molecular complexity index is 383. The van der Waals surface area contributed by atoms with Crippen LogP contribution in [0.5, 0.6) is 5.75 Å². The Labute approximate surface area is 74.4 Å². The van der Waals surface area contributed by atoms with Crippen LogP contribution in [0.15, 0.2) is 12.1 Å². The molecule has 0 aromatic heterocycles. The van der Waals surface area contributed by atoms with Gasteiger partial charge in [0.1, 0.15) is 11.3 Å². The van der Waals surface area contributed by atoms with Gasteiger partial charge in [0.05, 0.1) is 0 Å². The number of ether oxygens (including phenoxy) is 1. The van der Waals surface area contributed by atoms with E-state index >= 15 is 0 Å². The molecular weight excluding hydrogens is 172 g/mol. The normalized spacial score (nSPS) is 19.8. The van der Waals surface area contributed by atoms with E-state index in [-0.39, 0.29) is 11.3 Å². The number of rotatable bonds is 0. The Balaban J connectivity index is 2.74. The van der Waals surface area contributed by atoms with Gasteiger partial charge in [-0.2, -0.15) is 0 Å². The molecule has 0 saturated carbocycles. The molecule has 0 bridgehead atoms. The number of aliphatic hydroxyl groups excluding tert-OH is 1. The highest BCUT2D eigenvalue weighted by molar-refractivity contribution is 5.97. The van der Waals surface area contributed by atoms with E-state index in [1.165, 1.54) is 6.07 Å². The monoisotopic (exact) mass is 180 g/mol. The molecule has 2 rings (SSSR count). The average molecular weight is 180 g/mol. The van der Waals surface area contributed by atoms with E-state index < -0.39 is 12.3 Å². The fourth-order valence-corrected chi connectivity index (χ4v) is 1.46. The van der Waals surface area contributed by atoms with Crippen molar-refractivity contribution in [3.8, 4) is 5.75 Å². The first kappa shape index (κ1) is 8.07. The van der Waals surface area contributed by atoms with Crippen molar-refractivity contribution in [3.05, 3.63) is 28.8 Å². The van der Waals surface area contributed by atoms with Crippen molar-refractivity contribution < 1.29 is 19.7 Å². The molecule has 4 nitrogen and oxygen atoms in total. The fourth-order valence-electron chi connectivity index (χ4n) is 1.46. The van der Waals surface area contributed by atoms with Crippen molar-refractivity contribution in [2.75, 3.05) is 0 Å². The van der Waals surface area contributed by atoms with E-state index in [9.17, 15) is 15.0 Å². The van der Waals surface area contributed by atoms with Crippen molar-refractivity contribution >= 4 is 5.97 Å². The third kappa shape index (κ3) is 0.990. The summed E-state index contributed by atoms with van der Waals surface area (Å²) in [6.07, 6.45) is -1.24. The Morgan fingerprint density at radius 3 is 2.77 bits per heavy atom. The van der Waals surface area contributed by atoms with E-state index in [1.807, 2.05) is 0 Å². The lowest BCUT2D eigenvalue weighted by atomic mass is 10.0. The van der Waals surface area contributed by atoms with Crippen LogP contribution >= 0.6 is 0 Å². The predicted octanol–water partition coefficient (Wildman–Crippen LogP) is 0.862. The van der Waals surface area contributed by atoms with Gasteiger partial charge in [-0.05, 0) is 18.6 Å². The standard InChI is InChI=1S/C9H8O4/c1-4-2-3-5(10)7-6(4)8(11)13-9(7)12/h2-3,8,10-11H,1H3. The van der Waals surface area contributed by atoms with Gasteiger partial charge in [0, 0.05) is 5.56 Å². The summed E-state index contributed by atoms with van der Waals surface area (Å²) in [5, 5.41) is 18.6. The number of phenolic OH excluding ortho intramolecular Hbond substituents is 1. The molecule has 1 aliphatic heterocycles. The van der Waals surface area contributed by atoms with Crippen LogP contribution in [0.1, 0.15) is 27.8 Å². The van der Waals surface area contributed by atoms with E-state index in [2.05, 4.69) is 4.74 Å². The maximum Gasteiger partial charge on any atom is 0.345 e. The molecule has 1 aromatic rings. The number of aliphatic hydroxyl groups is 1. The maximum absolute atomic E-state index is 11.1. The lowest BCUT2D eigenvalue weighted by molar-refractivity contribution is -0.0550. The molecule has 0 aliphatic carbocycles. The summed E-state index contributed by atoms with van der Waals surface area (Å²) < 4.78 is 4.55. The van der Waals surface area contributed by atoms with Gasteiger partial charge < -0.3 is 14.9 Å². The van der Waals surface area contributed by atoms with E-state index in [1.54, 1.807) is 13.0 Å². The summed E-state index contributed by atoms with van der Waals surface area (Å²) in [4.78, 5) is 11.1. The van der Waals surface area contributed by atoms with Gasteiger partial charge in [0.2, 0.25) is 6.29 Å². The molecule has 1 atom stereocenters. The third-order valence-electron chi connectivity index (χ3n) is 2.11. The largest absolute Gasteiger partial charge is 0.507 e. The molecule has 68 valence electrons. The van der Waals surface area contributed by atoms with Crippen LogP contribution in [0.25, 0.3) is 0 Å². The van der Waals surface area contributed by atoms with Crippen molar-refractivity contribution in [2.45, 2.75) is 13.2 Å². The highest BCUT2D eigenvalue weighted by Gasteiger charge is 2.33. The minimum atomic E-state index is -1.24. The molecule has 1 unspecified atom stereocenters. The molecule has 0 amide bonds. The van der Waals surface area contributed by atoms with Gasteiger partial charge in [0.25, 0.3) is 0 Å². The minimum Gasteiger partial charge on any atom is -0.507 e. The molecule has 13 heavy (non-hydrogen) atoms. The predicted molar refractivity (Wildman–Crippen MR) is 43.2 cm³/mol. The van der Waals surface area contributed by atoms with Gasteiger partial charge >= 0.3 is 5.97 Å². The van der Waals surface area contributed by atoms with Crippen LogP contribution in [-0.4, -0.2) is 16.2 Å². The molecular formula is C9H8O4. The van der Waals surface area contributed by atoms with Crippen LogP contribution in [-0.2, 0) is 4.74 Å². The van der Waals surface area contributed by atoms with E-state index in [4.69, 9.17) is 0 Å². The number of aryl methyl sites for hydroxylation is 1. The van der Waals surface area contributed by atoms with Crippen LogP contribution in [0.4, 0.5) is 0 Å². The Kier molecular flexibility index (Phi) is 1.53. The summed E-state index contributed by atoms with van der Waals surface area (Å²) in [6.45, 7) is 1.74. The highest BCUT2D eigenvalue weighted by Crippen LogP contribution is 2.36. The first-order valence-electron chi connectivity index (χ1n) is 3.83. The number of aromatic hydroxyl groups is 1. The Morgan fingerprint density at radius 2 is 2.15 bits per heavy atom. The number of hydrogen-bond acceptors (Lipinski definition) is 4. The van der Waals surface area contributed by atoms with Gasteiger partial charge in [-0.15, -0.1) is 0 Å². The number of benzene rings is 1. The molecule has 1 aromatic carbocycles. The minimum absolute atomic E-state index is 0.0764. The van der Waals surface area contributed by atoms with Gasteiger partial charge in [-0.25, -0.2) is 4.79 Å². The molecule has 1 aliphatic rings. The molecule has 0 radical (unpaired) electrons. The number of phenols is 1. The molecule has 1 heterocycles. The van der Waals surface area contributed by atoms with Crippen LogP contribution in [0, 0.1) is 6.92 Å².